The molecular formula is C15H13BrN2O3S2. The molecule has 0 atom stereocenters. The number of hydrogen-bond acceptors (Lipinski definition) is 5. The predicted octanol–water partition coefficient (Wildman–Crippen LogP) is 4.13. The van der Waals surface area contributed by atoms with Crippen molar-refractivity contribution < 1.29 is 12.8 Å². The van der Waals surface area contributed by atoms with Crippen LogP contribution in [0.2, 0.25) is 0 Å². The Balaban J connectivity index is 1.91. The van der Waals surface area contributed by atoms with Gasteiger partial charge in [-0.2, -0.15) is 0 Å². The van der Waals surface area contributed by atoms with E-state index in [0.29, 0.717) is 17.3 Å². The lowest BCUT2D eigenvalue weighted by molar-refractivity contribution is 0.573. The van der Waals surface area contributed by atoms with Crippen LogP contribution in [0.1, 0.15) is 5.69 Å². The van der Waals surface area contributed by atoms with Gasteiger partial charge in [-0.1, -0.05) is 28.1 Å². The summed E-state index contributed by atoms with van der Waals surface area (Å²) in [5.74, 6) is 0.498. The van der Waals surface area contributed by atoms with Gasteiger partial charge >= 0.3 is 0 Å². The third-order valence-electron chi connectivity index (χ3n) is 3.09. The minimum Gasteiger partial charge on any atom is -0.443 e. The van der Waals surface area contributed by atoms with Gasteiger partial charge in [-0.3, -0.25) is 4.31 Å². The van der Waals surface area contributed by atoms with Crippen LogP contribution in [0.3, 0.4) is 0 Å². The van der Waals surface area contributed by atoms with E-state index in [1.54, 1.807) is 18.2 Å². The van der Waals surface area contributed by atoms with Gasteiger partial charge in [-0.15, -0.1) is 11.3 Å². The van der Waals surface area contributed by atoms with E-state index >= 15 is 0 Å². The number of oxazole rings is 1. The average molecular weight is 413 g/mol. The van der Waals surface area contributed by atoms with Crippen LogP contribution in [0.15, 0.2) is 56.9 Å². The predicted molar refractivity (Wildman–Crippen MR) is 95.0 cm³/mol. The second kappa shape index (κ2) is 6.46. The van der Waals surface area contributed by atoms with Crippen LogP contribution in [-0.2, 0) is 16.6 Å². The molecule has 3 aromatic rings. The highest BCUT2D eigenvalue weighted by molar-refractivity contribution is 9.10. The van der Waals surface area contributed by atoms with Gasteiger partial charge in [-0.25, -0.2) is 13.4 Å². The van der Waals surface area contributed by atoms with Crippen molar-refractivity contribution in [3.8, 4) is 10.8 Å². The van der Waals surface area contributed by atoms with E-state index in [1.807, 2.05) is 23.6 Å². The van der Waals surface area contributed by atoms with Gasteiger partial charge in [0.25, 0.3) is 0 Å². The first-order valence-electron chi connectivity index (χ1n) is 6.65. The maximum atomic E-state index is 12.1. The fourth-order valence-corrected chi connectivity index (χ4v) is 3.98. The van der Waals surface area contributed by atoms with E-state index in [1.165, 1.54) is 28.2 Å². The van der Waals surface area contributed by atoms with Crippen molar-refractivity contribution in [3.05, 3.63) is 58.2 Å². The maximum Gasteiger partial charge on any atom is 0.236 e. The molecule has 5 nitrogen and oxygen atoms in total. The Morgan fingerprint density at radius 2 is 2.13 bits per heavy atom. The molecule has 0 amide bonds. The van der Waals surface area contributed by atoms with Crippen molar-refractivity contribution >= 4 is 43.0 Å². The highest BCUT2D eigenvalue weighted by atomic mass is 79.9. The van der Waals surface area contributed by atoms with Crippen LogP contribution in [-0.4, -0.2) is 19.7 Å². The van der Waals surface area contributed by atoms with E-state index in [4.69, 9.17) is 4.42 Å². The summed E-state index contributed by atoms with van der Waals surface area (Å²) in [6, 6.07) is 10.9. The topological polar surface area (TPSA) is 63.4 Å². The second-order valence-electron chi connectivity index (χ2n) is 4.87. The smallest absolute Gasteiger partial charge is 0.236 e. The molecular weight excluding hydrogens is 400 g/mol. The number of hydrogen-bond donors (Lipinski definition) is 0. The van der Waals surface area contributed by atoms with Crippen LogP contribution in [0, 0.1) is 0 Å². The minimum atomic E-state index is -3.44. The zero-order valence-corrected chi connectivity index (χ0v) is 15.4. The van der Waals surface area contributed by atoms with Gasteiger partial charge in [0.15, 0.2) is 0 Å². The first kappa shape index (κ1) is 16.2. The fourth-order valence-electron chi connectivity index (χ4n) is 2.07. The third kappa shape index (κ3) is 3.82. The van der Waals surface area contributed by atoms with Gasteiger partial charge < -0.3 is 4.42 Å². The van der Waals surface area contributed by atoms with E-state index in [0.717, 1.165) is 9.35 Å². The summed E-state index contributed by atoms with van der Waals surface area (Å²) < 4.78 is 31.8. The number of halogens is 1. The molecule has 8 heteroatoms. The SMILES string of the molecule is CS(=O)(=O)N(Cc1coc(-c2cccs2)n1)c1cccc(Br)c1. The summed E-state index contributed by atoms with van der Waals surface area (Å²) in [6.07, 6.45) is 2.67. The quantitative estimate of drug-likeness (QED) is 0.631. The molecule has 0 unspecified atom stereocenters. The monoisotopic (exact) mass is 412 g/mol. The van der Waals surface area contributed by atoms with Crippen LogP contribution in [0.5, 0.6) is 0 Å². The lowest BCUT2D eigenvalue weighted by Gasteiger charge is -2.21. The molecule has 120 valence electrons. The molecule has 3 rings (SSSR count). The van der Waals surface area contributed by atoms with Gasteiger partial charge in [0.1, 0.15) is 12.0 Å². The summed E-state index contributed by atoms with van der Waals surface area (Å²) in [6.45, 7) is 0.115. The molecule has 1 aromatic carbocycles. The van der Waals surface area contributed by atoms with Crippen molar-refractivity contribution in [1.82, 2.24) is 4.98 Å². The Labute approximate surface area is 146 Å². The summed E-state index contributed by atoms with van der Waals surface area (Å²) >= 11 is 4.88. The van der Waals surface area contributed by atoms with Crippen molar-refractivity contribution in [2.75, 3.05) is 10.6 Å². The second-order valence-corrected chi connectivity index (χ2v) is 8.64. The Hall–Kier alpha value is -1.64. The average Bonchev–Trinajstić information content (AvgIpc) is 3.14. The van der Waals surface area contributed by atoms with Gasteiger partial charge in [0, 0.05) is 4.47 Å². The van der Waals surface area contributed by atoms with Crippen LogP contribution < -0.4 is 4.31 Å². The number of sulfonamides is 1. The Kier molecular flexibility index (Phi) is 4.56. The zero-order valence-electron chi connectivity index (χ0n) is 12.1. The molecule has 2 heterocycles. The molecule has 0 aliphatic heterocycles. The van der Waals surface area contributed by atoms with E-state index in [-0.39, 0.29) is 6.54 Å². The first-order chi connectivity index (χ1) is 10.9. The summed E-state index contributed by atoms with van der Waals surface area (Å²) in [5, 5.41) is 1.93. The fraction of sp³-hybridized carbons (Fsp3) is 0.133. The summed E-state index contributed by atoms with van der Waals surface area (Å²) in [5.41, 5.74) is 1.13. The number of aromatic nitrogens is 1. The number of rotatable bonds is 5. The first-order valence-corrected chi connectivity index (χ1v) is 10.2. The minimum absolute atomic E-state index is 0.115. The Morgan fingerprint density at radius 1 is 1.30 bits per heavy atom. The molecule has 2 aromatic heterocycles. The largest absolute Gasteiger partial charge is 0.443 e. The van der Waals surface area contributed by atoms with Gasteiger partial charge in [-0.05, 0) is 29.6 Å². The van der Waals surface area contributed by atoms with Gasteiger partial charge in [0.2, 0.25) is 15.9 Å². The van der Waals surface area contributed by atoms with Crippen molar-refractivity contribution in [1.29, 1.82) is 0 Å². The highest BCUT2D eigenvalue weighted by Gasteiger charge is 2.20. The highest BCUT2D eigenvalue weighted by Crippen LogP contribution is 2.27. The molecule has 0 aliphatic carbocycles. The molecule has 0 aliphatic rings. The summed E-state index contributed by atoms with van der Waals surface area (Å²) in [4.78, 5) is 5.29. The lowest BCUT2D eigenvalue weighted by Crippen LogP contribution is -2.29. The van der Waals surface area contributed by atoms with E-state index < -0.39 is 10.0 Å². The third-order valence-corrected chi connectivity index (χ3v) is 5.58. The molecule has 0 bridgehead atoms. The molecule has 0 radical (unpaired) electrons. The van der Waals surface area contributed by atoms with Crippen LogP contribution in [0.25, 0.3) is 10.8 Å². The molecule has 0 saturated heterocycles. The number of benzene rings is 1. The Morgan fingerprint density at radius 3 is 2.78 bits per heavy atom. The molecule has 0 spiro atoms. The lowest BCUT2D eigenvalue weighted by atomic mass is 10.3. The molecule has 0 fully saturated rings. The molecule has 23 heavy (non-hydrogen) atoms. The summed E-state index contributed by atoms with van der Waals surface area (Å²) in [7, 11) is -3.44. The van der Waals surface area contributed by atoms with Crippen LogP contribution >= 0.6 is 27.3 Å². The number of anilines is 1. The van der Waals surface area contributed by atoms with Crippen molar-refractivity contribution in [3.63, 3.8) is 0 Å². The molecule has 0 saturated carbocycles. The Bertz CT molecular complexity index is 904. The standard InChI is InChI=1S/C15H13BrN2O3S2/c1-23(19,20)18(13-5-2-4-11(16)8-13)9-12-10-21-15(17-12)14-6-3-7-22-14/h2-8,10H,9H2,1H3. The van der Waals surface area contributed by atoms with Crippen LogP contribution in [0.4, 0.5) is 5.69 Å². The van der Waals surface area contributed by atoms with Crippen molar-refractivity contribution in [2.24, 2.45) is 0 Å². The maximum absolute atomic E-state index is 12.1. The normalized spacial score (nSPS) is 11.6. The molecule has 0 N–H and O–H groups in total. The van der Waals surface area contributed by atoms with E-state index in [9.17, 15) is 8.42 Å². The van der Waals surface area contributed by atoms with Gasteiger partial charge in [0.05, 0.1) is 23.4 Å². The van der Waals surface area contributed by atoms with E-state index in [2.05, 4.69) is 20.9 Å². The van der Waals surface area contributed by atoms with Crippen molar-refractivity contribution in [2.45, 2.75) is 6.54 Å². The number of thiophene rings is 1. The number of nitrogens with zero attached hydrogens (tertiary/aromatic N) is 2. The zero-order chi connectivity index (χ0) is 16.4.